The summed E-state index contributed by atoms with van der Waals surface area (Å²) in [6, 6.07) is 2.71. The van der Waals surface area contributed by atoms with Crippen molar-refractivity contribution in [3.05, 3.63) is 12.0 Å². The van der Waals surface area contributed by atoms with E-state index in [1.807, 2.05) is 11.8 Å². The van der Waals surface area contributed by atoms with E-state index in [2.05, 4.69) is 16.0 Å². The van der Waals surface area contributed by atoms with Gasteiger partial charge in [0.2, 0.25) is 0 Å². The van der Waals surface area contributed by atoms with E-state index < -0.39 is 5.97 Å². The molecule has 0 bridgehead atoms. The largest absolute Gasteiger partial charge is 0.461 e. The molecule has 1 aliphatic heterocycles. The van der Waals surface area contributed by atoms with E-state index in [1.54, 1.807) is 6.92 Å². The Morgan fingerprint density at radius 3 is 2.76 bits per heavy atom. The third-order valence-corrected chi connectivity index (χ3v) is 3.54. The number of carbonyl (C=O) groups is 1. The molecule has 2 rings (SSSR count). The molecule has 1 unspecified atom stereocenters. The molecule has 1 aromatic heterocycles. The van der Waals surface area contributed by atoms with Gasteiger partial charge < -0.3 is 14.1 Å². The van der Waals surface area contributed by atoms with Gasteiger partial charge in [0, 0.05) is 26.2 Å². The van der Waals surface area contributed by atoms with Gasteiger partial charge in [0.25, 0.3) is 6.01 Å². The van der Waals surface area contributed by atoms with Crippen LogP contribution < -0.4 is 4.90 Å². The molecule has 0 aliphatic carbocycles. The second-order valence-electron chi connectivity index (χ2n) is 4.81. The Bertz CT molecular complexity index is 515. The Hall–Kier alpha value is -2.07. The number of aromatic nitrogens is 1. The summed E-state index contributed by atoms with van der Waals surface area (Å²) in [6.07, 6.45) is 2.15. The van der Waals surface area contributed by atoms with Gasteiger partial charge in [-0.15, -0.1) is 0 Å². The number of oxazole rings is 1. The van der Waals surface area contributed by atoms with Crippen molar-refractivity contribution >= 4 is 12.0 Å². The van der Waals surface area contributed by atoms with Gasteiger partial charge in [-0.25, -0.2) is 4.79 Å². The van der Waals surface area contributed by atoms with Gasteiger partial charge in [-0.3, -0.25) is 4.90 Å². The quantitative estimate of drug-likeness (QED) is 0.756. The first-order chi connectivity index (χ1) is 10.2. The molecule has 1 aliphatic rings. The predicted molar refractivity (Wildman–Crippen MR) is 75.9 cm³/mol. The third-order valence-electron chi connectivity index (χ3n) is 3.54. The molecule has 1 fully saturated rings. The highest BCUT2D eigenvalue weighted by Crippen LogP contribution is 2.17. The Labute approximate surface area is 124 Å². The maximum Gasteiger partial charge on any atom is 0.360 e. The van der Waals surface area contributed by atoms with E-state index in [-0.39, 0.29) is 11.7 Å². The van der Waals surface area contributed by atoms with Gasteiger partial charge in [0.1, 0.15) is 6.26 Å². The molecule has 0 aromatic carbocycles. The molecule has 1 saturated heterocycles. The van der Waals surface area contributed by atoms with Gasteiger partial charge in [0.15, 0.2) is 5.69 Å². The number of esters is 1. The van der Waals surface area contributed by atoms with Gasteiger partial charge in [-0.1, -0.05) is 6.92 Å². The minimum Gasteiger partial charge on any atom is -0.461 e. The van der Waals surface area contributed by atoms with Crippen LogP contribution in [0, 0.1) is 11.3 Å². The van der Waals surface area contributed by atoms with E-state index in [0.717, 1.165) is 32.6 Å². The monoisotopic (exact) mass is 292 g/mol. The molecule has 114 valence electrons. The van der Waals surface area contributed by atoms with Crippen molar-refractivity contribution in [3.63, 3.8) is 0 Å². The SMILES string of the molecule is CCOC(=O)c1coc(N2CCN(C(C#N)CC)CC2)n1. The fourth-order valence-corrected chi connectivity index (χ4v) is 2.36. The average molecular weight is 292 g/mol. The summed E-state index contributed by atoms with van der Waals surface area (Å²) in [6.45, 7) is 7.08. The van der Waals surface area contributed by atoms with Crippen molar-refractivity contribution in [1.82, 2.24) is 9.88 Å². The van der Waals surface area contributed by atoms with E-state index in [9.17, 15) is 4.79 Å². The minimum atomic E-state index is -0.471. The summed E-state index contributed by atoms with van der Waals surface area (Å²) in [5.41, 5.74) is 0.192. The molecular weight excluding hydrogens is 272 g/mol. The number of ether oxygens (including phenoxy) is 1. The summed E-state index contributed by atoms with van der Waals surface area (Å²) in [7, 11) is 0. The Morgan fingerprint density at radius 2 is 2.19 bits per heavy atom. The zero-order valence-corrected chi connectivity index (χ0v) is 12.4. The summed E-state index contributed by atoms with van der Waals surface area (Å²) in [5.74, 6) is -0.471. The van der Waals surface area contributed by atoms with Gasteiger partial charge in [0.05, 0.1) is 18.7 Å². The standard InChI is InChI=1S/C14H20N4O3/c1-3-11(9-15)17-5-7-18(8-6-17)14-16-12(10-21-14)13(19)20-4-2/h10-11H,3-8H2,1-2H3. The lowest BCUT2D eigenvalue weighted by Crippen LogP contribution is -2.50. The smallest absolute Gasteiger partial charge is 0.360 e. The number of hydrogen-bond acceptors (Lipinski definition) is 7. The van der Waals surface area contributed by atoms with Crippen LogP contribution in [0.4, 0.5) is 6.01 Å². The molecule has 7 heteroatoms. The summed E-state index contributed by atoms with van der Waals surface area (Å²) in [4.78, 5) is 19.9. The van der Waals surface area contributed by atoms with Crippen molar-refractivity contribution in [2.75, 3.05) is 37.7 Å². The summed E-state index contributed by atoms with van der Waals surface area (Å²) in [5, 5.41) is 9.09. The topological polar surface area (TPSA) is 82.6 Å². The second-order valence-corrected chi connectivity index (χ2v) is 4.81. The highest BCUT2D eigenvalue weighted by atomic mass is 16.5. The first-order valence-electron chi connectivity index (χ1n) is 7.20. The molecule has 0 amide bonds. The van der Waals surface area contributed by atoms with E-state index in [1.165, 1.54) is 6.26 Å². The Kier molecular flexibility index (Phi) is 5.17. The Balaban J connectivity index is 1.94. The average Bonchev–Trinajstić information content (AvgIpc) is 2.99. The van der Waals surface area contributed by atoms with E-state index >= 15 is 0 Å². The van der Waals surface area contributed by atoms with Gasteiger partial charge >= 0.3 is 5.97 Å². The molecule has 1 aromatic rings. The van der Waals surface area contributed by atoms with Crippen LogP contribution in [0.25, 0.3) is 0 Å². The number of piperazine rings is 1. The zero-order chi connectivity index (χ0) is 15.2. The number of nitrogens with zero attached hydrogens (tertiary/aromatic N) is 4. The molecule has 0 spiro atoms. The molecule has 7 nitrogen and oxygen atoms in total. The number of anilines is 1. The van der Waals surface area contributed by atoms with Crippen molar-refractivity contribution in [3.8, 4) is 6.07 Å². The summed E-state index contributed by atoms with van der Waals surface area (Å²) >= 11 is 0. The maximum atomic E-state index is 11.6. The van der Waals surface area contributed by atoms with Crippen LogP contribution in [0.5, 0.6) is 0 Å². The number of carbonyl (C=O) groups excluding carboxylic acids is 1. The van der Waals surface area contributed by atoms with Crippen LogP contribution in [-0.2, 0) is 4.74 Å². The first-order valence-corrected chi connectivity index (χ1v) is 7.20. The maximum absolute atomic E-state index is 11.6. The van der Waals surface area contributed by atoms with Crippen LogP contribution in [0.15, 0.2) is 10.7 Å². The van der Waals surface area contributed by atoms with Crippen molar-refractivity contribution in [2.45, 2.75) is 26.3 Å². The molecule has 1 atom stereocenters. The lowest BCUT2D eigenvalue weighted by atomic mass is 10.2. The fourth-order valence-electron chi connectivity index (χ4n) is 2.36. The van der Waals surface area contributed by atoms with Crippen LogP contribution in [0.2, 0.25) is 0 Å². The number of nitriles is 1. The highest BCUT2D eigenvalue weighted by molar-refractivity contribution is 5.87. The van der Waals surface area contributed by atoms with Crippen molar-refractivity contribution in [2.24, 2.45) is 0 Å². The molecule has 0 saturated carbocycles. The van der Waals surface area contributed by atoms with Crippen LogP contribution >= 0.6 is 0 Å². The number of hydrogen-bond donors (Lipinski definition) is 0. The van der Waals surface area contributed by atoms with Gasteiger partial charge in [-0.05, 0) is 13.3 Å². The van der Waals surface area contributed by atoms with Crippen LogP contribution in [0.1, 0.15) is 30.8 Å². The van der Waals surface area contributed by atoms with Gasteiger partial charge in [-0.2, -0.15) is 10.2 Å². The fraction of sp³-hybridized carbons (Fsp3) is 0.643. The lowest BCUT2D eigenvalue weighted by molar-refractivity contribution is 0.0519. The van der Waals surface area contributed by atoms with E-state index in [4.69, 9.17) is 14.4 Å². The molecule has 0 radical (unpaired) electrons. The van der Waals surface area contributed by atoms with Crippen molar-refractivity contribution in [1.29, 1.82) is 5.26 Å². The van der Waals surface area contributed by atoms with Crippen LogP contribution in [-0.4, -0.2) is 54.7 Å². The number of rotatable bonds is 5. The highest BCUT2D eigenvalue weighted by Gasteiger charge is 2.25. The lowest BCUT2D eigenvalue weighted by Gasteiger charge is -2.35. The molecular formula is C14H20N4O3. The third kappa shape index (κ3) is 3.52. The van der Waals surface area contributed by atoms with Crippen LogP contribution in [0.3, 0.4) is 0 Å². The summed E-state index contributed by atoms with van der Waals surface area (Å²) < 4.78 is 10.2. The molecule has 2 heterocycles. The minimum absolute atomic E-state index is 0.0354. The molecule has 0 N–H and O–H groups in total. The predicted octanol–water partition coefficient (Wildman–Crippen LogP) is 1.28. The first kappa shape index (κ1) is 15.3. The Morgan fingerprint density at radius 1 is 1.48 bits per heavy atom. The van der Waals surface area contributed by atoms with Crippen molar-refractivity contribution < 1.29 is 13.9 Å². The normalized spacial score (nSPS) is 17.3. The second kappa shape index (κ2) is 7.09. The van der Waals surface area contributed by atoms with E-state index in [0.29, 0.717) is 12.6 Å². The zero-order valence-electron chi connectivity index (χ0n) is 12.4. The molecule has 21 heavy (non-hydrogen) atoms.